The molecule has 1 aromatic rings. The van der Waals surface area contributed by atoms with Gasteiger partial charge in [0.15, 0.2) is 0 Å². The van der Waals surface area contributed by atoms with E-state index in [0.717, 1.165) is 6.42 Å². The molecule has 17 heavy (non-hydrogen) atoms. The molecule has 0 spiro atoms. The van der Waals surface area contributed by atoms with Crippen LogP contribution in [0.4, 0.5) is 0 Å². The van der Waals surface area contributed by atoms with Gasteiger partial charge in [0.1, 0.15) is 6.33 Å². The molecular weight excluding hydrogens is 216 g/mol. The van der Waals surface area contributed by atoms with Crippen LogP contribution in [0.2, 0.25) is 0 Å². The second-order valence-corrected chi connectivity index (χ2v) is 4.55. The van der Waals surface area contributed by atoms with Gasteiger partial charge in [0.2, 0.25) is 0 Å². The minimum absolute atomic E-state index is 0.0680. The molecule has 0 fully saturated rings. The topological polar surface area (TPSA) is 72.1 Å². The third-order valence-corrected chi connectivity index (χ3v) is 2.81. The van der Waals surface area contributed by atoms with Crippen molar-refractivity contribution in [2.45, 2.75) is 26.3 Å². The summed E-state index contributed by atoms with van der Waals surface area (Å²) in [7, 11) is 1.77. The normalized spacial score (nSPS) is 12.5. The molecule has 1 aromatic heterocycles. The fourth-order valence-corrected chi connectivity index (χ4v) is 1.41. The van der Waals surface area contributed by atoms with Crippen LogP contribution in [0.25, 0.3) is 0 Å². The number of hydrogen-bond donors (Lipinski definition) is 1. The molecule has 1 unspecified atom stereocenters. The number of hydrogen-bond acceptors (Lipinski definition) is 4. The van der Waals surface area contributed by atoms with Crippen molar-refractivity contribution in [1.29, 1.82) is 0 Å². The summed E-state index contributed by atoms with van der Waals surface area (Å²) in [6, 6.07) is 0.122. The van der Waals surface area contributed by atoms with Crippen molar-refractivity contribution in [1.82, 2.24) is 14.9 Å². The van der Waals surface area contributed by atoms with Gasteiger partial charge < -0.3 is 10.6 Å². The Morgan fingerprint density at radius 1 is 1.41 bits per heavy atom. The Morgan fingerprint density at radius 2 is 2.00 bits per heavy atom. The van der Waals surface area contributed by atoms with E-state index < -0.39 is 0 Å². The van der Waals surface area contributed by atoms with E-state index in [1.807, 2.05) is 0 Å². The van der Waals surface area contributed by atoms with Crippen LogP contribution >= 0.6 is 0 Å². The lowest BCUT2D eigenvalue weighted by atomic mass is 10.0. The molecule has 1 rings (SSSR count). The Hall–Kier alpha value is -1.49. The van der Waals surface area contributed by atoms with Crippen LogP contribution in [0.3, 0.4) is 0 Å². The highest BCUT2D eigenvalue weighted by molar-refractivity contribution is 5.93. The van der Waals surface area contributed by atoms with E-state index in [2.05, 4.69) is 23.8 Å². The van der Waals surface area contributed by atoms with Gasteiger partial charge in [-0.2, -0.15) is 0 Å². The highest BCUT2D eigenvalue weighted by Gasteiger charge is 2.14. The van der Waals surface area contributed by atoms with Crippen molar-refractivity contribution in [3.05, 3.63) is 24.3 Å². The summed E-state index contributed by atoms with van der Waals surface area (Å²) in [5, 5.41) is 0. The van der Waals surface area contributed by atoms with Crippen molar-refractivity contribution in [2.24, 2.45) is 11.7 Å². The van der Waals surface area contributed by atoms with E-state index in [4.69, 9.17) is 5.73 Å². The maximum Gasteiger partial charge on any atom is 0.256 e. The predicted octanol–water partition coefficient (Wildman–Crippen LogP) is 0.922. The summed E-state index contributed by atoms with van der Waals surface area (Å²) in [5.74, 6) is 0.361. The van der Waals surface area contributed by atoms with Crippen LogP contribution in [-0.2, 0) is 0 Å². The zero-order chi connectivity index (χ0) is 12.8. The summed E-state index contributed by atoms with van der Waals surface area (Å²) in [6.45, 7) is 4.81. The zero-order valence-electron chi connectivity index (χ0n) is 10.6. The zero-order valence-corrected chi connectivity index (χ0v) is 10.6. The molecule has 0 bridgehead atoms. The van der Waals surface area contributed by atoms with E-state index >= 15 is 0 Å². The highest BCUT2D eigenvalue weighted by atomic mass is 16.2. The lowest BCUT2D eigenvalue weighted by molar-refractivity contribution is 0.0788. The van der Waals surface area contributed by atoms with Gasteiger partial charge in [-0.1, -0.05) is 13.8 Å². The number of nitrogens with two attached hydrogens (primary N) is 1. The predicted molar refractivity (Wildman–Crippen MR) is 66.4 cm³/mol. The van der Waals surface area contributed by atoms with Crippen molar-refractivity contribution in [3.8, 4) is 0 Å². The Balaban J connectivity index is 2.48. The van der Waals surface area contributed by atoms with E-state index in [-0.39, 0.29) is 11.9 Å². The molecule has 0 aliphatic heterocycles. The number of carbonyl (C=O) groups is 1. The smallest absolute Gasteiger partial charge is 0.256 e. The molecular formula is C12H20N4O. The lowest BCUT2D eigenvalue weighted by Crippen LogP contribution is -2.34. The van der Waals surface area contributed by atoms with Crippen LogP contribution < -0.4 is 5.73 Å². The Labute approximate surface area is 102 Å². The molecule has 1 heterocycles. The average Bonchev–Trinajstić information content (AvgIpc) is 2.35. The number of carbonyl (C=O) groups excluding carboxylic acids is 1. The fraction of sp³-hybridized carbons (Fsp3) is 0.583. The van der Waals surface area contributed by atoms with E-state index in [1.54, 1.807) is 11.9 Å². The summed E-state index contributed by atoms with van der Waals surface area (Å²) >= 11 is 0. The van der Waals surface area contributed by atoms with Gasteiger partial charge in [0, 0.05) is 32.0 Å². The van der Waals surface area contributed by atoms with Crippen LogP contribution in [0, 0.1) is 5.92 Å². The quantitative estimate of drug-likeness (QED) is 0.825. The van der Waals surface area contributed by atoms with Gasteiger partial charge >= 0.3 is 0 Å². The fourth-order valence-electron chi connectivity index (χ4n) is 1.41. The van der Waals surface area contributed by atoms with E-state index in [0.29, 0.717) is 18.0 Å². The van der Waals surface area contributed by atoms with Gasteiger partial charge in [-0.25, -0.2) is 9.97 Å². The van der Waals surface area contributed by atoms with Gasteiger partial charge in [0.25, 0.3) is 5.91 Å². The monoisotopic (exact) mass is 236 g/mol. The third kappa shape index (κ3) is 4.11. The Bertz CT molecular complexity index is 353. The Morgan fingerprint density at radius 3 is 2.53 bits per heavy atom. The molecule has 5 heteroatoms. The summed E-state index contributed by atoms with van der Waals surface area (Å²) in [4.78, 5) is 21.2. The molecule has 0 aliphatic rings. The van der Waals surface area contributed by atoms with Gasteiger partial charge in [-0.3, -0.25) is 4.79 Å². The number of amides is 1. The van der Waals surface area contributed by atoms with Crippen LogP contribution in [0.15, 0.2) is 18.7 Å². The number of rotatable bonds is 5. The minimum Gasteiger partial charge on any atom is -0.342 e. The maximum atomic E-state index is 11.9. The van der Waals surface area contributed by atoms with Gasteiger partial charge in [0.05, 0.1) is 5.56 Å². The summed E-state index contributed by atoms with van der Waals surface area (Å²) in [6.07, 6.45) is 5.25. The SMILES string of the molecule is CC(C)C(N)CCN(C)C(=O)c1cncnc1. The van der Waals surface area contributed by atoms with Crippen LogP contribution in [0.5, 0.6) is 0 Å². The molecule has 2 N–H and O–H groups in total. The Kier molecular flexibility index (Phi) is 5.03. The highest BCUT2D eigenvalue weighted by Crippen LogP contribution is 2.06. The second-order valence-electron chi connectivity index (χ2n) is 4.55. The summed E-state index contributed by atoms with van der Waals surface area (Å²) in [5.41, 5.74) is 6.45. The molecule has 1 atom stereocenters. The summed E-state index contributed by atoms with van der Waals surface area (Å²) < 4.78 is 0. The lowest BCUT2D eigenvalue weighted by Gasteiger charge is -2.21. The molecule has 5 nitrogen and oxygen atoms in total. The largest absolute Gasteiger partial charge is 0.342 e. The standard InChI is InChI=1S/C12H20N4O/c1-9(2)11(13)4-5-16(3)12(17)10-6-14-8-15-7-10/h6-9,11H,4-5,13H2,1-3H3. The van der Waals surface area contributed by atoms with E-state index in [9.17, 15) is 4.79 Å². The average molecular weight is 236 g/mol. The molecule has 0 saturated heterocycles. The second kappa shape index (κ2) is 6.30. The molecule has 0 radical (unpaired) electrons. The maximum absolute atomic E-state index is 11.9. The first-order chi connectivity index (χ1) is 8.02. The van der Waals surface area contributed by atoms with Crippen molar-refractivity contribution < 1.29 is 4.79 Å². The van der Waals surface area contributed by atoms with Crippen LogP contribution in [-0.4, -0.2) is 40.4 Å². The first-order valence-electron chi connectivity index (χ1n) is 5.78. The number of aromatic nitrogens is 2. The molecule has 1 amide bonds. The first-order valence-corrected chi connectivity index (χ1v) is 5.78. The minimum atomic E-state index is -0.0680. The van der Waals surface area contributed by atoms with Gasteiger partial charge in [-0.05, 0) is 12.3 Å². The molecule has 0 aliphatic carbocycles. The third-order valence-electron chi connectivity index (χ3n) is 2.81. The van der Waals surface area contributed by atoms with E-state index in [1.165, 1.54) is 18.7 Å². The molecule has 94 valence electrons. The molecule has 0 aromatic carbocycles. The van der Waals surface area contributed by atoms with Crippen molar-refractivity contribution in [3.63, 3.8) is 0 Å². The van der Waals surface area contributed by atoms with Gasteiger partial charge in [-0.15, -0.1) is 0 Å². The first kappa shape index (κ1) is 13.6. The van der Waals surface area contributed by atoms with Crippen LogP contribution in [0.1, 0.15) is 30.6 Å². The number of nitrogens with zero attached hydrogens (tertiary/aromatic N) is 3. The molecule has 0 saturated carbocycles. The van der Waals surface area contributed by atoms with Crippen molar-refractivity contribution >= 4 is 5.91 Å². The van der Waals surface area contributed by atoms with Crippen molar-refractivity contribution in [2.75, 3.05) is 13.6 Å².